The van der Waals surface area contributed by atoms with Crippen molar-refractivity contribution in [1.29, 1.82) is 0 Å². The fourth-order valence-corrected chi connectivity index (χ4v) is 3.55. The van der Waals surface area contributed by atoms with Crippen LogP contribution in [-0.2, 0) is 15.1 Å². The molecule has 0 saturated carbocycles. The molecule has 1 aromatic rings. The van der Waals surface area contributed by atoms with E-state index in [1.807, 2.05) is 0 Å². The molecule has 1 aliphatic heterocycles. The number of carbonyl (C=O) groups is 1. The van der Waals surface area contributed by atoms with E-state index < -0.39 is 0 Å². The summed E-state index contributed by atoms with van der Waals surface area (Å²) in [7, 11) is 1.48. The molecule has 1 saturated heterocycles. The van der Waals surface area contributed by atoms with E-state index in [0.29, 0.717) is 0 Å². The first-order valence-corrected chi connectivity index (χ1v) is 8.66. The van der Waals surface area contributed by atoms with E-state index in [2.05, 4.69) is 60.7 Å². The monoisotopic (exact) mass is 367 g/mol. The second kappa shape index (κ2) is 6.71. The second-order valence-corrected chi connectivity index (χ2v) is 7.56. The molecule has 0 amide bonds. The molecule has 0 atom stereocenters. The molecule has 0 aliphatic carbocycles. The van der Waals surface area contributed by atoms with Gasteiger partial charge in [0.25, 0.3) is 0 Å². The van der Waals surface area contributed by atoms with Crippen molar-refractivity contribution in [3.63, 3.8) is 0 Å². The Hall–Kier alpha value is -0.870. The smallest absolute Gasteiger partial charge is 0.308 e. The number of halogens is 1. The van der Waals surface area contributed by atoms with Crippen LogP contribution in [0.25, 0.3) is 0 Å². The molecule has 0 unspecified atom stereocenters. The minimum atomic E-state index is -0.0622. The number of esters is 1. The first kappa shape index (κ1) is 17.5. The van der Waals surface area contributed by atoms with Crippen molar-refractivity contribution in [3.05, 3.63) is 33.3 Å². The highest BCUT2D eigenvalue weighted by Crippen LogP contribution is 2.35. The maximum atomic E-state index is 11.7. The van der Waals surface area contributed by atoms with Gasteiger partial charge in [0, 0.05) is 10.0 Å². The summed E-state index contributed by atoms with van der Waals surface area (Å²) in [5.74, 6) is -0.00164. The third kappa shape index (κ3) is 3.38. The van der Waals surface area contributed by atoms with Gasteiger partial charge in [-0.25, -0.2) is 0 Å². The van der Waals surface area contributed by atoms with Crippen molar-refractivity contribution in [1.82, 2.24) is 4.90 Å². The Morgan fingerprint density at radius 1 is 1.23 bits per heavy atom. The first-order valence-electron chi connectivity index (χ1n) is 7.87. The minimum Gasteiger partial charge on any atom is -0.469 e. The Kier molecular flexibility index (Phi) is 5.33. The van der Waals surface area contributed by atoms with Crippen LogP contribution >= 0.6 is 15.9 Å². The van der Waals surface area contributed by atoms with Gasteiger partial charge in [-0.05, 0) is 70.3 Å². The summed E-state index contributed by atoms with van der Waals surface area (Å²) in [5.41, 5.74) is 3.85. The molecular formula is C18H26BrNO2. The Bertz CT molecular complexity index is 537. The molecule has 1 heterocycles. The molecule has 1 aromatic carbocycles. The summed E-state index contributed by atoms with van der Waals surface area (Å²) >= 11 is 3.64. The predicted octanol–water partition coefficient (Wildman–Crippen LogP) is 4.19. The van der Waals surface area contributed by atoms with Crippen LogP contribution in [0.4, 0.5) is 0 Å². The molecular weight excluding hydrogens is 342 g/mol. The van der Waals surface area contributed by atoms with Gasteiger partial charge in [0.2, 0.25) is 0 Å². The number of aryl methyl sites for hydroxylation is 2. The molecule has 3 nitrogen and oxygen atoms in total. The lowest BCUT2D eigenvalue weighted by Crippen LogP contribution is -2.47. The highest BCUT2D eigenvalue weighted by Gasteiger charge is 2.34. The van der Waals surface area contributed by atoms with Gasteiger partial charge in [-0.2, -0.15) is 0 Å². The van der Waals surface area contributed by atoms with Crippen LogP contribution in [0, 0.1) is 19.8 Å². The third-order valence-corrected chi connectivity index (χ3v) is 6.21. The van der Waals surface area contributed by atoms with Crippen molar-refractivity contribution in [2.75, 3.05) is 20.2 Å². The van der Waals surface area contributed by atoms with Crippen LogP contribution in [0.1, 0.15) is 43.4 Å². The number of piperidine rings is 1. The standard InChI is InChI=1S/C18H26BrNO2/c1-12-10-15(11-13(2)16(12)19)18(3,4)20-8-6-14(7-9-20)17(21)22-5/h10-11,14H,6-9H2,1-5H3. The number of nitrogens with zero attached hydrogens (tertiary/aromatic N) is 1. The first-order chi connectivity index (χ1) is 10.3. The molecule has 0 spiro atoms. The third-order valence-electron chi connectivity index (χ3n) is 4.96. The number of methoxy groups -OCH3 is 1. The van der Waals surface area contributed by atoms with Crippen LogP contribution in [0.3, 0.4) is 0 Å². The number of likely N-dealkylation sites (tertiary alicyclic amines) is 1. The van der Waals surface area contributed by atoms with Gasteiger partial charge in [0.1, 0.15) is 0 Å². The summed E-state index contributed by atoms with van der Waals surface area (Å²) in [6.45, 7) is 10.7. The molecule has 0 aromatic heterocycles. The van der Waals surface area contributed by atoms with Crippen LogP contribution in [0.5, 0.6) is 0 Å². The van der Waals surface area contributed by atoms with Gasteiger partial charge in [-0.3, -0.25) is 9.69 Å². The summed E-state index contributed by atoms with van der Waals surface area (Å²) in [5, 5.41) is 0. The predicted molar refractivity (Wildman–Crippen MR) is 93.0 cm³/mol. The average molecular weight is 368 g/mol. The normalized spacial score (nSPS) is 17.5. The van der Waals surface area contributed by atoms with Crippen LogP contribution in [-0.4, -0.2) is 31.1 Å². The van der Waals surface area contributed by atoms with Crippen LogP contribution in [0.2, 0.25) is 0 Å². The number of carbonyl (C=O) groups excluding carboxylic acids is 1. The maximum Gasteiger partial charge on any atom is 0.308 e. The molecule has 22 heavy (non-hydrogen) atoms. The van der Waals surface area contributed by atoms with Crippen molar-refractivity contribution in [2.24, 2.45) is 5.92 Å². The zero-order chi connectivity index (χ0) is 16.5. The van der Waals surface area contributed by atoms with Crippen LogP contribution in [0.15, 0.2) is 16.6 Å². The molecule has 1 aliphatic rings. The zero-order valence-corrected chi connectivity index (χ0v) is 15.8. The number of benzene rings is 1. The van der Waals surface area contributed by atoms with Gasteiger partial charge in [0.05, 0.1) is 13.0 Å². The minimum absolute atomic E-state index is 0.0304. The van der Waals surface area contributed by atoms with E-state index in [1.165, 1.54) is 28.3 Å². The summed E-state index contributed by atoms with van der Waals surface area (Å²) < 4.78 is 6.07. The molecule has 1 fully saturated rings. The SMILES string of the molecule is COC(=O)C1CCN(C(C)(C)c2cc(C)c(Br)c(C)c2)CC1. The van der Waals surface area contributed by atoms with Gasteiger partial charge < -0.3 is 4.74 Å². The highest BCUT2D eigenvalue weighted by atomic mass is 79.9. The maximum absolute atomic E-state index is 11.7. The van der Waals surface area contributed by atoms with Crippen molar-refractivity contribution >= 4 is 21.9 Å². The van der Waals surface area contributed by atoms with E-state index in [4.69, 9.17) is 4.74 Å². The van der Waals surface area contributed by atoms with E-state index >= 15 is 0 Å². The lowest BCUT2D eigenvalue weighted by molar-refractivity contribution is -0.147. The van der Waals surface area contributed by atoms with Crippen molar-refractivity contribution in [2.45, 2.75) is 46.1 Å². The number of rotatable bonds is 3. The van der Waals surface area contributed by atoms with Crippen LogP contribution < -0.4 is 0 Å². The fourth-order valence-electron chi connectivity index (χ4n) is 3.32. The largest absolute Gasteiger partial charge is 0.469 e. The molecule has 0 bridgehead atoms. The van der Waals surface area contributed by atoms with Crippen molar-refractivity contribution < 1.29 is 9.53 Å². The number of ether oxygens (including phenoxy) is 1. The number of hydrogen-bond donors (Lipinski definition) is 0. The molecule has 4 heteroatoms. The summed E-state index contributed by atoms with van der Waals surface area (Å²) in [6, 6.07) is 4.53. The zero-order valence-electron chi connectivity index (χ0n) is 14.2. The van der Waals surface area contributed by atoms with Gasteiger partial charge in [-0.15, -0.1) is 0 Å². The van der Waals surface area contributed by atoms with E-state index in [-0.39, 0.29) is 17.4 Å². The molecule has 0 N–H and O–H groups in total. The Morgan fingerprint density at radius 2 is 1.73 bits per heavy atom. The van der Waals surface area contributed by atoms with Gasteiger partial charge in [0.15, 0.2) is 0 Å². The summed E-state index contributed by atoms with van der Waals surface area (Å²) in [4.78, 5) is 14.2. The topological polar surface area (TPSA) is 29.5 Å². The lowest BCUT2D eigenvalue weighted by Gasteiger charge is -2.43. The highest BCUT2D eigenvalue weighted by molar-refractivity contribution is 9.10. The molecule has 122 valence electrons. The summed E-state index contributed by atoms with van der Waals surface area (Å²) in [6.07, 6.45) is 1.76. The lowest BCUT2D eigenvalue weighted by atomic mass is 9.86. The second-order valence-electron chi connectivity index (χ2n) is 6.77. The van der Waals surface area contributed by atoms with Crippen molar-refractivity contribution in [3.8, 4) is 0 Å². The van der Waals surface area contributed by atoms with E-state index in [0.717, 1.165) is 25.9 Å². The Labute approximate surface area is 142 Å². The molecule has 0 radical (unpaired) electrons. The molecule has 2 rings (SSSR count). The number of hydrogen-bond acceptors (Lipinski definition) is 3. The van der Waals surface area contributed by atoms with E-state index in [1.54, 1.807) is 0 Å². The Morgan fingerprint density at radius 3 is 2.18 bits per heavy atom. The van der Waals surface area contributed by atoms with Gasteiger partial charge in [-0.1, -0.05) is 28.1 Å². The quantitative estimate of drug-likeness (QED) is 0.750. The van der Waals surface area contributed by atoms with E-state index in [9.17, 15) is 4.79 Å². The van der Waals surface area contributed by atoms with Gasteiger partial charge >= 0.3 is 5.97 Å². The fraction of sp³-hybridized carbons (Fsp3) is 0.611. The average Bonchev–Trinajstić information content (AvgIpc) is 2.51. The Balaban J connectivity index is 2.16.